The minimum Gasteiger partial charge on any atom is -0.398 e. The molecule has 21 heavy (non-hydrogen) atoms. The molecule has 0 saturated carbocycles. The van der Waals surface area contributed by atoms with Crippen LogP contribution in [0.5, 0.6) is 0 Å². The summed E-state index contributed by atoms with van der Waals surface area (Å²) in [7, 11) is 0. The van der Waals surface area contributed by atoms with Crippen molar-refractivity contribution in [2.75, 3.05) is 11.1 Å². The van der Waals surface area contributed by atoms with E-state index in [-0.39, 0.29) is 5.78 Å². The van der Waals surface area contributed by atoms with Crippen LogP contribution in [-0.4, -0.2) is 5.78 Å². The summed E-state index contributed by atoms with van der Waals surface area (Å²) in [5, 5.41) is 2.93. The van der Waals surface area contributed by atoms with Crippen LogP contribution in [-0.2, 0) is 6.18 Å². The molecule has 0 unspecified atom stereocenters. The summed E-state index contributed by atoms with van der Waals surface area (Å²) < 4.78 is 37.4. The van der Waals surface area contributed by atoms with Crippen molar-refractivity contribution < 1.29 is 18.0 Å². The minimum absolute atomic E-state index is 0.145. The molecule has 0 spiro atoms. The summed E-state index contributed by atoms with van der Waals surface area (Å²) in [4.78, 5) is 11.3. The first-order valence-electron chi connectivity index (χ1n) is 6.12. The van der Waals surface area contributed by atoms with Crippen LogP contribution in [0.2, 0.25) is 0 Å². The number of hydrogen-bond acceptors (Lipinski definition) is 3. The molecule has 3 nitrogen and oxygen atoms in total. The molecule has 0 saturated heterocycles. The average Bonchev–Trinajstić information content (AvgIpc) is 2.38. The van der Waals surface area contributed by atoms with Crippen LogP contribution < -0.4 is 11.1 Å². The number of ketones is 1. The molecule has 0 fully saturated rings. The lowest BCUT2D eigenvalue weighted by Gasteiger charge is -2.11. The summed E-state index contributed by atoms with van der Waals surface area (Å²) in [6, 6.07) is 9.43. The molecule has 2 aromatic carbocycles. The Labute approximate surface area is 119 Å². The largest absolute Gasteiger partial charge is 0.416 e. The number of nitrogen functional groups attached to an aromatic ring is 1. The second-order valence-corrected chi connectivity index (χ2v) is 4.56. The second-order valence-electron chi connectivity index (χ2n) is 4.56. The Balaban J connectivity index is 2.19. The Morgan fingerprint density at radius 3 is 2.10 bits per heavy atom. The van der Waals surface area contributed by atoms with Crippen molar-refractivity contribution >= 4 is 22.8 Å². The van der Waals surface area contributed by atoms with Crippen LogP contribution in [0.1, 0.15) is 22.8 Å². The van der Waals surface area contributed by atoms with Crippen LogP contribution in [0.25, 0.3) is 0 Å². The van der Waals surface area contributed by atoms with Crippen LogP contribution >= 0.6 is 0 Å². The molecule has 0 atom stereocenters. The molecule has 0 bridgehead atoms. The first kappa shape index (κ1) is 14.9. The highest BCUT2D eigenvalue weighted by molar-refractivity contribution is 5.99. The molecule has 0 heterocycles. The molecule has 0 aliphatic rings. The highest BCUT2D eigenvalue weighted by Gasteiger charge is 2.29. The number of hydrogen-bond donors (Lipinski definition) is 2. The van der Waals surface area contributed by atoms with Gasteiger partial charge < -0.3 is 11.1 Å². The third-order valence-corrected chi connectivity index (χ3v) is 2.93. The highest BCUT2D eigenvalue weighted by atomic mass is 19.4. The van der Waals surface area contributed by atoms with Crippen LogP contribution in [0.3, 0.4) is 0 Å². The average molecular weight is 294 g/mol. The maximum absolute atomic E-state index is 12.5. The van der Waals surface area contributed by atoms with Gasteiger partial charge in [0.25, 0.3) is 0 Å². The minimum atomic E-state index is -4.36. The van der Waals surface area contributed by atoms with Gasteiger partial charge in [0.05, 0.1) is 5.56 Å². The molecule has 0 aliphatic heterocycles. The predicted octanol–water partition coefficient (Wildman–Crippen LogP) is 4.23. The zero-order valence-corrected chi connectivity index (χ0v) is 11.2. The van der Waals surface area contributed by atoms with Gasteiger partial charge in [0.15, 0.2) is 5.78 Å². The van der Waals surface area contributed by atoms with Gasteiger partial charge in [-0.1, -0.05) is 0 Å². The molecule has 2 aromatic rings. The van der Waals surface area contributed by atoms with Crippen LogP contribution in [0.15, 0.2) is 42.5 Å². The molecule has 2 rings (SSSR count). The van der Waals surface area contributed by atoms with Crippen molar-refractivity contribution in [2.24, 2.45) is 0 Å². The number of anilines is 3. The molecule has 0 aliphatic carbocycles. The third-order valence-electron chi connectivity index (χ3n) is 2.93. The molecule has 0 radical (unpaired) electrons. The van der Waals surface area contributed by atoms with Gasteiger partial charge in [-0.05, 0) is 49.4 Å². The first-order valence-corrected chi connectivity index (χ1v) is 6.12. The Bertz CT molecular complexity index is 664. The number of carbonyl (C=O) groups is 1. The molecular formula is C15H13F3N2O. The molecule has 110 valence electrons. The smallest absolute Gasteiger partial charge is 0.398 e. The van der Waals surface area contributed by atoms with E-state index >= 15 is 0 Å². The SMILES string of the molecule is CC(=O)c1ccc(Nc2ccc(C(F)(F)F)cc2)cc1N. The zero-order chi connectivity index (χ0) is 15.6. The monoisotopic (exact) mass is 294 g/mol. The van der Waals surface area contributed by atoms with Gasteiger partial charge in [0.2, 0.25) is 0 Å². The van der Waals surface area contributed by atoms with Crippen molar-refractivity contribution in [3.05, 3.63) is 53.6 Å². The van der Waals surface area contributed by atoms with Gasteiger partial charge in [-0.3, -0.25) is 4.79 Å². The Kier molecular flexibility index (Phi) is 3.88. The number of rotatable bonds is 3. The Morgan fingerprint density at radius 1 is 1.05 bits per heavy atom. The van der Waals surface area contributed by atoms with E-state index in [1.807, 2.05) is 0 Å². The highest BCUT2D eigenvalue weighted by Crippen LogP contribution is 2.30. The van der Waals surface area contributed by atoms with E-state index in [2.05, 4.69) is 5.32 Å². The summed E-state index contributed by atoms with van der Waals surface area (Å²) >= 11 is 0. The van der Waals surface area contributed by atoms with Gasteiger partial charge in [0.1, 0.15) is 0 Å². The molecule has 3 N–H and O–H groups in total. The number of nitrogens with one attached hydrogen (secondary N) is 1. The Morgan fingerprint density at radius 2 is 1.62 bits per heavy atom. The Hall–Kier alpha value is -2.50. The fraction of sp³-hybridized carbons (Fsp3) is 0.133. The first-order chi connectivity index (χ1) is 9.77. The van der Waals surface area contributed by atoms with Crippen molar-refractivity contribution in [1.29, 1.82) is 0 Å². The van der Waals surface area contributed by atoms with Crippen molar-refractivity contribution in [3.8, 4) is 0 Å². The molecule has 0 aromatic heterocycles. The van der Waals surface area contributed by atoms with Gasteiger partial charge >= 0.3 is 6.18 Å². The topological polar surface area (TPSA) is 55.1 Å². The number of carbonyl (C=O) groups excluding carboxylic acids is 1. The van der Waals surface area contributed by atoms with Gasteiger partial charge in [0, 0.05) is 22.6 Å². The van der Waals surface area contributed by atoms with Crippen molar-refractivity contribution in [1.82, 2.24) is 0 Å². The number of halogens is 3. The number of Topliss-reactive ketones (excluding diaryl/α,β-unsaturated/α-hetero) is 1. The van der Waals surface area contributed by atoms with Crippen LogP contribution in [0, 0.1) is 0 Å². The molecular weight excluding hydrogens is 281 g/mol. The van der Waals surface area contributed by atoms with E-state index in [0.29, 0.717) is 22.6 Å². The van der Waals surface area contributed by atoms with E-state index in [4.69, 9.17) is 5.73 Å². The lowest BCUT2D eigenvalue weighted by molar-refractivity contribution is -0.137. The zero-order valence-electron chi connectivity index (χ0n) is 11.2. The standard InChI is InChI=1S/C15H13F3N2O/c1-9(21)13-7-6-12(8-14(13)19)20-11-4-2-10(3-5-11)15(16,17)18/h2-8,20H,19H2,1H3. The van der Waals surface area contributed by atoms with Gasteiger partial charge in [-0.25, -0.2) is 0 Å². The van der Waals surface area contributed by atoms with E-state index in [1.165, 1.54) is 19.1 Å². The van der Waals surface area contributed by atoms with Gasteiger partial charge in [-0.15, -0.1) is 0 Å². The summed E-state index contributed by atoms with van der Waals surface area (Å²) in [5.41, 5.74) is 6.86. The van der Waals surface area contributed by atoms with E-state index in [9.17, 15) is 18.0 Å². The number of alkyl halides is 3. The quantitative estimate of drug-likeness (QED) is 0.658. The van der Waals surface area contributed by atoms with E-state index in [1.54, 1.807) is 18.2 Å². The molecule has 0 amide bonds. The van der Waals surface area contributed by atoms with Gasteiger partial charge in [-0.2, -0.15) is 13.2 Å². The third kappa shape index (κ3) is 3.53. The fourth-order valence-electron chi connectivity index (χ4n) is 1.87. The predicted molar refractivity (Wildman–Crippen MR) is 75.6 cm³/mol. The summed E-state index contributed by atoms with van der Waals surface area (Å²) in [5.74, 6) is -0.145. The maximum Gasteiger partial charge on any atom is 0.416 e. The summed E-state index contributed by atoms with van der Waals surface area (Å²) in [6.07, 6.45) is -4.36. The molecule has 6 heteroatoms. The van der Waals surface area contributed by atoms with E-state index in [0.717, 1.165) is 12.1 Å². The van der Waals surface area contributed by atoms with E-state index < -0.39 is 11.7 Å². The second kappa shape index (κ2) is 5.47. The normalized spacial score (nSPS) is 11.2. The van der Waals surface area contributed by atoms with Crippen molar-refractivity contribution in [3.63, 3.8) is 0 Å². The van der Waals surface area contributed by atoms with Crippen LogP contribution in [0.4, 0.5) is 30.2 Å². The summed E-state index contributed by atoms with van der Waals surface area (Å²) in [6.45, 7) is 1.41. The lowest BCUT2D eigenvalue weighted by Crippen LogP contribution is -2.04. The fourth-order valence-corrected chi connectivity index (χ4v) is 1.87. The lowest BCUT2D eigenvalue weighted by atomic mass is 10.1. The number of benzene rings is 2. The maximum atomic E-state index is 12.5. The van der Waals surface area contributed by atoms with Crippen molar-refractivity contribution in [2.45, 2.75) is 13.1 Å². The number of nitrogens with two attached hydrogens (primary N) is 1.